The highest BCUT2D eigenvalue weighted by atomic mass is 127. The zero-order valence-corrected chi connectivity index (χ0v) is 22.9. The Balaban J connectivity index is 0.00000363. The number of piperazine rings is 1. The fraction of sp³-hybridized carbons (Fsp3) is 0.720. The number of aryl methyl sites for hydroxylation is 1. The van der Waals surface area contributed by atoms with Crippen LogP contribution in [0.15, 0.2) is 23.2 Å². The number of aliphatic imine (C=N–C) groups is 1. The summed E-state index contributed by atoms with van der Waals surface area (Å²) in [5.41, 5.74) is 2.44. The molecule has 0 radical (unpaired) electrons. The van der Waals surface area contributed by atoms with Crippen molar-refractivity contribution in [3.63, 3.8) is 0 Å². The molecule has 3 rings (SSSR count). The Morgan fingerprint density at radius 1 is 1.12 bits per heavy atom. The molecule has 1 saturated carbocycles. The van der Waals surface area contributed by atoms with Gasteiger partial charge >= 0.3 is 0 Å². The monoisotopic (exact) mass is 557 g/mol. The first kappa shape index (κ1) is 27.2. The van der Waals surface area contributed by atoms with Crippen molar-refractivity contribution >= 4 is 29.9 Å². The second-order valence-electron chi connectivity index (χ2n) is 9.28. The van der Waals surface area contributed by atoms with E-state index in [4.69, 9.17) is 4.74 Å². The molecule has 1 unspecified atom stereocenters. The van der Waals surface area contributed by atoms with Gasteiger partial charge in [-0.15, -0.1) is 24.0 Å². The third-order valence-electron chi connectivity index (χ3n) is 6.59. The van der Waals surface area contributed by atoms with Gasteiger partial charge in [0.2, 0.25) is 0 Å². The Bertz CT molecular complexity index is 700. The van der Waals surface area contributed by atoms with E-state index in [1.807, 2.05) is 7.05 Å². The highest BCUT2D eigenvalue weighted by Crippen LogP contribution is 2.27. The van der Waals surface area contributed by atoms with E-state index in [1.54, 1.807) is 0 Å². The number of halogens is 1. The van der Waals surface area contributed by atoms with Gasteiger partial charge in [-0.1, -0.05) is 26.0 Å². The van der Waals surface area contributed by atoms with Crippen LogP contribution >= 0.6 is 24.0 Å². The van der Waals surface area contributed by atoms with Crippen LogP contribution in [-0.2, 0) is 6.54 Å². The standard InChI is InChI=1S/C25H43N5O.HI/c1-5-29-12-14-30(15-13-29)19-21(3)17-27-25(26-4)28-18-22-11-10-20(2)16-24(22)31-23-8-6-7-9-23;/h10-11,16,21,23H,5-9,12-15,17-19H2,1-4H3,(H2,26,27,28);1H. The van der Waals surface area contributed by atoms with Crippen LogP contribution in [0.25, 0.3) is 0 Å². The fourth-order valence-corrected chi connectivity index (χ4v) is 4.57. The van der Waals surface area contributed by atoms with Crippen LogP contribution in [0.5, 0.6) is 5.75 Å². The average Bonchev–Trinajstić information content (AvgIpc) is 3.28. The second-order valence-corrected chi connectivity index (χ2v) is 9.28. The van der Waals surface area contributed by atoms with Gasteiger partial charge in [-0.2, -0.15) is 0 Å². The van der Waals surface area contributed by atoms with E-state index in [0.717, 1.165) is 31.3 Å². The number of likely N-dealkylation sites (N-methyl/N-ethyl adjacent to an activating group) is 1. The number of hydrogen-bond donors (Lipinski definition) is 2. The molecule has 1 aromatic rings. The number of benzene rings is 1. The van der Waals surface area contributed by atoms with E-state index in [-0.39, 0.29) is 24.0 Å². The van der Waals surface area contributed by atoms with E-state index in [2.05, 4.69) is 64.4 Å². The molecule has 0 bridgehead atoms. The molecule has 1 aromatic carbocycles. The zero-order valence-electron chi connectivity index (χ0n) is 20.5. The van der Waals surface area contributed by atoms with E-state index < -0.39 is 0 Å². The molecule has 7 heteroatoms. The third kappa shape index (κ3) is 8.71. The van der Waals surface area contributed by atoms with Gasteiger partial charge in [-0.3, -0.25) is 4.99 Å². The first-order chi connectivity index (χ1) is 15.1. The molecule has 0 aromatic heterocycles. The number of nitrogens with zero attached hydrogens (tertiary/aromatic N) is 3. The molecule has 6 nitrogen and oxygen atoms in total. The van der Waals surface area contributed by atoms with Gasteiger partial charge in [0.1, 0.15) is 5.75 Å². The van der Waals surface area contributed by atoms with Crippen molar-refractivity contribution in [3.8, 4) is 5.75 Å². The molecule has 1 atom stereocenters. The molecule has 1 heterocycles. The van der Waals surface area contributed by atoms with E-state index in [0.29, 0.717) is 12.0 Å². The molecule has 1 saturated heterocycles. The van der Waals surface area contributed by atoms with E-state index >= 15 is 0 Å². The third-order valence-corrected chi connectivity index (χ3v) is 6.59. The summed E-state index contributed by atoms with van der Waals surface area (Å²) in [6.07, 6.45) is 5.29. The molecule has 2 fully saturated rings. The van der Waals surface area contributed by atoms with Crippen LogP contribution in [0.1, 0.15) is 50.7 Å². The van der Waals surface area contributed by atoms with Gasteiger partial charge in [-0.05, 0) is 56.7 Å². The Morgan fingerprint density at radius 3 is 2.47 bits per heavy atom. The maximum atomic E-state index is 6.34. The summed E-state index contributed by atoms with van der Waals surface area (Å²) in [6, 6.07) is 6.51. The van der Waals surface area contributed by atoms with Crippen LogP contribution in [0.2, 0.25) is 0 Å². The SMILES string of the molecule is CCN1CCN(CC(C)CNC(=NC)NCc2ccc(C)cc2OC2CCCC2)CC1.I. The second kappa shape index (κ2) is 14.3. The molecule has 1 aliphatic heterocycles. The summed E-state index contributed by atoms with van der Waals surface area (Å²) in [6.45, 7) is 15.4. The first-order valence-electron chi connectivity index (χ1n) is 12.2. The number of rotatable bonds is 9. The van der Waals surface area contributed by atoms with E-state index in [9.17, 15) is 0 Å². The predicted molar refractivity (Wildman–Crippen MR) is 145 cm³/mol. The van der Waals surface area contributed by atoms with Gasteiger partial charge in [0.25, 0.3) is 0 Å². The van der Waals surface area contributed by atoms with Crippen molar-refractivity contribution in [2.45, 2.75) is 59.1 Å². The Kier molecular flexibility index (Phi) is 12.1. The van der Waals surface area contributed by atoms with Crippen molar-refractivity contribution in [3.05, 3.63) is 29.3 Å². The number of nitrogens with one attached hydrogen (secondary N) is 2. The Hall–Kier alpha value is -1.06. The molecule has 2 aliphatic rings. The molecular weight excluding hydrogens is 513 g/mol. The smallest absolute Gasteiger partial charge is 0.191 e. The van der Waals surface area contributed by atoms with Gasteiger partial charge in [0.05, 0.1) is 6.10 Å². The van der Waals surface area contributed by atoms with Crippen molar-refractivity contribution in [1.82, 2.24) is 20.4 Å². The number of ether oxygens (including phenoxy) is 1. The largest absolute Gasteiger partial charge is 0.490 e. The minimum Gasteiger partial charge on any atom is -0.490 e. The lowest BCUT2D eigenvalue weighted by Gasteiger charge is -2.35. The zero-order chi connectivity index (χ0) is 22.1. The topological polar surface area (TPSA) is 52.1 Å². The molecular formula is C25H44IN5O. The van der Waals surface area contributed by atoms with Crippen LogP contribution in [-0.4, -0.2) is 74.7 Å². The summed E-state index contributed by atoms with van der Waals surface area (Å²) in [4.78, 5) is 9.55. The van der Waals surface area contributed by atoms with Crippen molar-refractivity contribution in [2.75, 3.05) is 52.9 Å². The summed E-state index contributed by atoms with van der Waals surface area (Å²) in [5, 5.41) is 7.00. The highest BCUT2D eigenvalue weighted by Gasteiger charge is 2.19. The first-order valence-corrected chi connectivity index (χ1v) is 12.2. The van der Waals surface area contributed by atoms with E-state index in [1.165, 1.54) is 69.5 Å². The maximum Gasteiger partial charge on any atom is 0.191 e. The van der Waals surface area contributed by atoms with Gasteiger partial charge < -0.3 is 25.2 Å². The molecule has 0 spiro atoms. The molecule has 182 valence electrons. The minimum atomic E-state index is 0. The quantitative estimate of drug-likeness (QED) is 0.274. The number of hydrogen-bond acceptors (Lipinski definition) is 4. The van der Waals surface area contributed by atoms with Crippen molar-refractivity contribution < 1.29 is 4.74 Å². The molecule has 1 aliphatic carbocycles. The lowest BCUT2D eigenvalue weighted by molar-refractivity contribution is 0.124. The lowest BCUT2D eigenvalue weighted by Crippen LogP contribution is -2.48. The summed E-state index contributed by atoms with van der Waals surface area (Å²) >= 11 is 0. The normalized spacial score (nSPS) is 19.4. The Labute approximate surface area is 212 Å². The predicted octanol–water partition coefficient (Wildman–Crippen LogP) is 3.87. The van der Waals surface area contributed by atoms with Gasteiger partial charge in [0, 0.05) is 58.4 Å². The van der Waals surface area contributed by atoms with Crippen LogP contribution < -0.4 is 15.4 Å². The Morgan fingerprint density at radius 2 is 1.81 bits per heavy atom. The summed E-state index contributed by atoms with van der Waals surface area (Å²) < 4.78 is 6.34. The van der Waals surface area contributed by atoms with Crippen LogP contribution in [0, 0.1) is 12.8 Å². The van der Waals surface area contributed by atoms with Gasteiger partial charge in [-0.25, -0.2) is 0 Å². The van der Waals surface area contributed by atoms with Crippen LogP contribution in [0.4, 0.5) is 0 Å². The summed E-state index contributed by atoms with van der Waals surface area (Å²) in [5.74, 6) is 2.46. The fourth-order valence-electron chi connectivity index (χ4n) is 4.57. The average molecular weight is 558 g/mol. The maximum absolute atomic E-state index is 6.34. The highest BCUT2D eigenvalue weighted by molar-refractivity contribution is 14.0. The van der Waals surface area contributed by atoms with Crippen molar-refractivity contribution in [2.24, 2.45) is 10.9 Å². The van der Waals surface area contributed by atoms with Crippen molar-refractivity contribution in [1.29, 1.82) is 0 Å². The molecule has 2 N–H and O–H groups in total. The summed E-state index contributed by atoms with van der Waals surface area (Å²) in [7, 11) is 1.84. The number of guanidine groups is 1. The molecule has 32 heavy (non-hydrogen) atoms. The minimum absolute atomic E-state index is 0. The molecule has 0 amide bonds. The van der Waals surface area contributed by atoms with Gasteiger partial charge in [0.15, 0.2) is 5.96 Å². The lowest BCUT2D eigenvalue weighted by atomic mass is 10.1. The van der Waals surface area contributed by atoms with Crippen LogP contribution in [0.3, 0.4) is 0 Å².